The van der Waals surface area contributed by atoms with Gasteiger partial charge in [-0.3, -0.25) is 9.59 Å². The first-order valence-corrected chi connectivity index (χ1v) is 7.25. The number of amides is 1. The summed E-state index contributed by atoms with van der Waals surface area (Å²) in [6, 6.07) is 9.73. The van der Waals surface area contributed by atoms with Crippen LogP contribution in [0.1, 0.15) is 6.92 Å². The summed E-state index contributed by atoms with van der Waals surface area (Å²) in [6.07, 6.45) is 0. The maximum absolute atomic E-state index is 12.0. The highest BCUT2D eigenvalue weighted by Crippen LogP contribution is 2.25. The van der Waals surface area contributed by atoms with E-state index in [1.54, 1.807) is 4.90 Å². The first-order valence-electron chi connectivity index (χ1n) is 6.26. The van der Waals surface area contributed by atoms with Crippen molar-refractivity contribution in [1.82, 2.24) is 4.90 Å². The summed E-state index contributed by atoms with van der Waals surface area (Å²) in [5.74, 6) is -0.819. The van der Waals surface area contributed by atoms with Crippen molar-refractivity contribution in [3.8, 4) is 0 Å². The van der Waals surface area contributed by atoms with E-state index >= 15 is 0 Å². The van der Waals surface area contributed by atoms with Gasteiger partial charge in [-0.15, -0.1) is 11.8 Å². The maximum atomic E-state index is 12.0. The number of carbonyl (C=O) groups excluding carboxylic acids is 1. The fourth-order valence-corrected chi connectivity index (χ4v) is 3.07. The minimum Gasteiger partial charge on any atom is -0.481 e. The molecule has 19 heavy (non-hydrogen) atoms. The molecular weight excluding hydrogens is 262 g/mol. The largest absolute Gasteiger partial charge is 0.481 e. The minimum absolute atomic E-state index is 0.0180. The van der Waals surface area contributed by atoms with E-state index in [4.69, 9.17) is 5.11 Å². The average Bonchev–Trinajstić information content (AvgIpc) is 2.79. The molecule has 1 fully saturated rings. The fraction of sp³-hybridized carbons (Fsp3) is 0.429. The first-order chi connectivity index (χ1) is 9.08. The molecule has 0 aliphatic carbocycles. The highest BCUT2D eigenvalue weighted by atomic mass is 32.2. The number of rotatable bonds is 4. The Labute approximate surface area is 116 Å². The second kappa shape index (κ2) is 6.10. The molecule has 4 nitrogen and oxygen atoms in total. The standard InChI is InChI=1S/C14H17NO3S/c1-10-7-15(8-12(10)14(17)18)13(16)9-19-11-5-3-2-4-6-11/h2-6,10,12H,7-9H2,1H3,(H,17,18). The molecule has 0 radical (unpaired) electrons. The van der Waals surface area contributed by atoms with Crippen molar-refractivity contribution < 1.29 is 14.7 Å². The molecule has 1 aliphatic heterocycles. The van der Waals surface area contributed by atoms with Crippen molar-refractivity contribution in [2.75, 3.05) is 18.8 Å². The number of carbonyl (C=O) groups is 2. The van der Waals surface area contributed by atoms with Crippen LogP contribution in [0.5, 0.6) is 0 Å². The first kappa shape index (κ1) is 13.9. The van der Waals surface area contributed by atoms with Crippen LogP contribution in [0.3, 0.4) is 0 Å². The molecule has 2 atom stereocenters. The van der Waals surface area contributed by atoms with Crippen molar-refractivity contribution in [2.24, 2.45) is 11.8 Å². The van der Waals surface area contributed by atoms with Gasteiger partial charge in [-0.1, -0.05) is 25.1 Å². The van der Waals surface area contributed by atoms with Crippen LogP contribution in [0.25, 0.3) is 0 Å². The third-order valence-electron chi connectivity index (χ3n) is 3.39. The zero-order chi connectivity index (χ0) is 13.8. The van der Waals surface area contributed by atoms with Crippen molar-refractivity contribution in [3.63, 3.8) is 0 Å². The van der Waals surface area contributed by atoms with Crippen molar-refractivity contribution >= 4 is 23.6 Å². The van der Waals surface area contributed by atoms with E-state index in [9.17, 15) is 9.59 Å². The Morgan fingerprint density at radius 3 is 2.58 bits per heavy atom. The van der Waals surface area contributed by atoms with Gasteiger partial charge in [0.1, 0.15) is 0 Å². The third-order valence-corrected chi connectivity index (χ3v) is 4.38. The molecule has 1 aromatic carbocycles. The lowest BCUT2D eigenvalue weighted by molar-refractivity contribution is -0.142. The van der Waals surface area contributed by atoms with Gasteiger partial charge in [0, 0.05) is 18.0 Å². The van der Waals surface area contributed by atoms with Crippen LogP contribution in [-0.2, 0) is 9.59 Å². The fourth-order valence-electron chi connectivity index (χ4n) is 2.24. The van der Waals surface area contributed by atoms with E-state index in [0.29, 0.717) is 18.8 Å². The van der Waals surface area contributed by atoms with Crippen LogP contribution in [0.2, 0.25) is 0 Å². The maximum Gasteiger partial charge on any atom is 0.308 e. The number of hydrogen-bond acceptors (Lipinski definition) is 3. The lowest BCUT2D eigenvalue weighted by atomic mass is 9.99. The van der Waals surface area contributed by atoms with Gasteiger partial charge in [0.15, 0.2) is 0 Å². The van der Waals surface area contributed by atoms with Crippen molar-refractivity contribution in [1.29, 1.82) is 0 Å². The summed E-state index contributed by atoms with van der Waals surface area (Å²) in [4.78, 5) is 25.8. The summed E-state index contributed by atoms with van der Waals surface area (Å²) in [6.45, 7) is 2.77. The Morgan fingerprint density at radius 1 is 1.32 bits per heavy atom. The summed E-state index contributed by atoms with van der Waals surface area (Å²) < 4.78 is 0. The van der Waals surface area contributed by atoms with Crippen molar-refractivity contribution in [2.45, 2.75) is 11.8 Å². The Kier molecular flexibility index (Phi) is 4.47. The predicted octanol–water partition coefficient (Wildman–Crippen LogP) is 1.96. The van der Waals surface area contributed by atoms with Crippen LogP contribution >= 0.6 is 11.8 Å². The van der Waals surface area contributed by atoms with Gasteiger partial charge in [0.05, 0.1) is 11.7 Å². The van der Waals surface area contributed by atoms with Crippen LogP contribution in [0.4, 0.5) is 0 Å². The van der Waals surface area contributed by atoms with E-state index in [0.717, 1.165) is 4.90 Å². The number of carboxylic acids is 1. The number of carboxylic acid groups (broad SMARTS) is 1. The second-order valence-electron chi connectivity index (χ2n) is 4.82. The Balaban J connectivity index is 1.86. The minimum atomic E-state index is -0.807. The van der Waals surface area contributed by atoms with Gasteiger partial charge < -0.3 is 10.0 Å². The predicted molar refractivity (Wildman–Crippen MR) is 74.0 cm³/mol. The molecule has 0 spiro atoms. The summed E-state index contributed by atoms with van der Waals surface area (Å²) in [5.41, 5.74) is 0. The molecule has 1 amide bonds. The van der Waals surface area contributed by atoms with Gasteiger partial charge in [0.25, 0.3) is 0 Å². The third kappa shape index (κ3) is 3.50. The van der Waals surface area contributed by atoms with Crippen LogP contribution < -0.4 is 0 Å². The molecule has 1 N–H and O–H groups in total. The molecule has 2 unspecified atom stereocenters. The van der Waals surface area contributed by atoms with Crippen LogP contribution in [0.15, 0.2) is 35.2 Å². The molecule has 1 aromatic rings. The number of nitrogens with zero attached hydrogens (tertiary/aromatic N) is 1. The van der Waals surface area contributed by atoms with Gasteiger partial charge in [-0.25, -0.2) is 0 Å². The van der Waals surface area contributed by atoms with Crippen LogP contribution in [0, 0.1) is 11.8 Å². The zero-order valence-electron chi connectivity index (χ0n) is 10.8. The number of benzene rings is 1. The highest BCUT2D eigenvalue weighted by molar-refractivity contribution is 8.00. The van der Waals surface area contributed by atoms with E-state index < -0.39 is 11.9 Å². The number of aliphatic carboxylic acids is 1. The van der Waals surface area contributed by atoms with Gasteiger partial charge >= 0.3 is 5.97 Å². The lowest BCUT2D eigenvalue weighted by Crippen LogP contribution is -2.31. The van der Waals surface area contributed by atoms with Gasteiger partial charge in [-0.05, 0) is 18.1 Å². The SMILES string of the molecule is CC1CN(C(=O)CSc2ccccc2)CC1C(=O)O. The quantitative estimate of drug-likeness (QED) is 0.856. The molecule has 1 heterocycles. The second-order valence-corrected chi connectivity index (χ2v) is 5.87. The molecule has 102 valence electrons. The molecule has 0 aromatic heterocycles. The highest BCUT2D eigenvalue weighted by Gasteiger charge is 2.36. The van der Waals surface area contributed by atoms with Gasteiger partial charge in [-0.2, -0.15) is 0 Å². The zero-order valence-corrected chi connectivity index (χ0v) is 11.6. The van der Waals surface area contributed by atoms with Crippen LogP contribution in [-0.4, -0.2) is 40.7 Å². The van der Waals surface area contributed by atoms with E-state index in [1.807, 2.05) is 37.3 Å². The molecule has 0 saturated carbocycles. The Bertz CT molecular complexity index is 463. The Morgan fingerprint density at radius 2 is 2.00 bits per heavy atom. The Hall–Kier alpha value is -1.49. The molecule has 2 rings (SSSR count). The summed E-state index contributed by atoms with van der Waals surface area (Å²) in [5, 5.41) is 9.05. The lowest BCUT2D eigenvalue weighted by Gasteiger charge is -2.15. The van der Waals surface area contributed by atoms with E-state index in [1.165, 1.54) is 11.8 Å². The molecule has 5 heteroatoms. The van der Waals surface area contributed by atoms with E-state index in [2.05, 4.69) is 0 Å². The number of hydrogen-bond donors (Lipinski definition) is 1. The molecule has 1 aliphatic rings. The molecular formula is C14H17NO3S. The summed E-state index contributed by atoms with van der Waals surface area (Å²) >= 11 is 1.49. The van der Waals surface area contributed by atoms with Gasteiger partial charge in [0.2, 0.25) is 5.91 Å². The molecule has 1 saturated heterocycles. The number of thioether (sulfide) groups is 1. The summed E-state index contributed by atoms with van der Waals surface area (Å²) in [7, 11) is 0. The van der Waals surface area contributed by atoms with E-state index in [-0.39, 0.29) is 11.8 Å². The molecule has 0 bridgehead atoms. The topological polar surface area (TPSA) is 57.6 Å². The average molecular weight is 279 g/mol. The monoisotopic (exact) mass is 279 g/mol. The number of likely N-dealkylation sites (tertiary alicyclic amines) is 1. The van der Waals surface area contributed by atoms with Crippen molar-refractivity contribution in [3.05, 3.63) is 30.3 Å². The smallest absolute Gasteiger partial charge is 0.308 e. The normalized spacial score (nSPS) is 22.5.